The number of hydrogen-bond acceptors (Lipinski definition) is 4. The molecule has 2 N–H and O–H groups in total. The lowest BCUT2D eigenvalue weighted by Gasteiger charge is -2.50. The molecule has 0 saturated carbocycles. The molecule has 0 saturated heterocycles. The van der Waals surface area contributed by atoms with Crippen LogP contribution in [0.5, 0.6) is 0 Å². The van der Waals surface area contributed by atoms with Crippen molar-refractivity contribution in [2.45, 2.75) is 54.4 Å². The number of nitrogens with zero attached hydrogens (tertiary/aromatic N) is 2. The average Bonchev–Trinajstić information content (AvgIpc) is 3.13. The van der Waals surface area contributed by atoms with Gasteiger partial charge in [0.2, 0.25) is 0 Å². The maximum Gasteiger partial charge on any atom is 0.335 e. The zero-order valence-corrected chi connectivity index (χ0v) is 31.9. The van der Waals surface area contributed by atoms with E-state index in [1.807, 2.05) is 34.1 Å². The summed E-state index contributed by atoms with van der Waals surface area (Å²) < 4.78 is 0. The molecule has 2 amide bonds. The van der Waals surface area contributed by atoms with Crippen molar-refractivity contribution in [1.82, 2.24) is 9.80 Å². The van der Waals surface area contributed by atoms with Gasteiger partial charge < -0.3 is 20.0 Å². The van der Waals surface area contributed by atoms with Gasteiger partial charge >= 0.3 is 11.9 Å². The van der Waals surface area contributed by atoms with E-state index in [0.29, 0.717) is 37.3 Å². The van der Waals surface area contributed by atoms with Gasteiger partial charge in [-0.2, -0.15) is 0 Å². The molecule has 54 heavy (non-hydrogen) atoms. The van der Waals surface area contributed by atoms with Crippen molar-refractivity contribution in [3.63, 3.8) is 0 Å². The van der Waals surface area contributed by atoms with E-state index >= 15 is 0 Å². The molecule has 278 valence electrons. The van der Waals surface area contributed by atoms with Crippen LogP contribution in [0.1, 0.15) is 107 Å². The first kappa shape index (κ1) is 36.8. The van der Waals surface area contributed by atoms with E-state index in [1.54, 1.807) is 48.5 Å². The Kier molecular flexibility index (Phi) is 8.95. The molecule has 4 aliphatic rings. The van der Waals surface area contributed by atoms with E-state index < -0.39 is 11.9 Å². The molecule has 3 aromatic rings. The van der Waals surface area contributed by atoms with Gasteiger partial charge in [0.05, 0.1) is 11.1 Å². The van der Waals surface area contributed by atoms with Gasteiger partial charge in [-0.25, -0.2) is 9.59 Å². The van der Waals surface area contributed by atoms with Gasteiger partial charge in [0.15, 0.2) is 0 Å². The Morgan fingerprint density at radius 3 is 1.11 bits per heavy atom. The molecule has 8 heteroatoms. The van der Waals surface area contributed by atoms with Crippen LogP contribution in [-0.2, 0) is 0 Å². The van der Waals surface area contributed by atoms with Gasteiger partial charge in [-0.05, 0) is 83.6 Å². The van der Waals surface area contributed by atoms with E-state index in [0.717, 1.165) is 35.1 Å². The summed E-state index contributed by atoms with van der Waals surface area (Å²) in [6.45, 7) is 15.4. The number of fused-ring (bicyclic) bond motifs is 2. The summed E-state index contributed by atoms with van der Waals surface area (Å²) >= 11 is 0. The number of hydrogen-bond donors (Lipinski definition) is 2. The fourth-order valence-electron chi connectivity index (χ4n) is 9.83. The lowest BCUT2D eigenvalue weighted by molar-refractivity contribution is 0.0672. The van der Waals surface area contributed by atoms with Crippen molar-refractivity contribution in [3.05, 3.63) is 142 Å². The Balaban J connectivity index is 1.03. The Morgan fingerprint density at radius 1 is 0.481 bits per heavy atom. The minimum Gasteiger partial charge on any atom is -0.478 e. The quantitative estimate of drug-likeness (QED) is 0.246. The highest BCUT2D eigenvalue weighted by Crippen LogP contribution is 2.56. The van der Waals surface area contributed by atoms with Crippen molar-refractivity contribution in [3.8, 4) is 0 Å². The maximum absolute atomic E-state index is 13.9. The normalized spacial score (nSPS) is 24.2. The number of carbonyl (C=O) groups is 4. The minimum absolute atomic E-state index is 0.0648. The maximum atomic E-state index is 13.9. The molecule has 2 aliphatic carbocycles. The predicted octanol–water partition coefficient (Wildman–Crippen LogP) is 8.89. The number of benzene rings is 3. The third-order valence-electron chi connectivity index (χ3n) is 12.5. The second-order valence-electron chi connectivity index (χ2n) is 17.0. The Bertz CT molecular complexity index is 2030. The fraction of sp³-hybridized carbons (Fsp3) is 0.348. The van der Waals surface area contributed by atoms with Gasteiger partial charge in [0.1, 0.15) is 0 Å². The Hall–Kier alpha value is -5.50. The zero-order chi connectivity index (χ0) is 38.8. The van der Waals surface area contributed by atoms with E-state index in [1.165, 1.54) is 11.1 Å². The van der Waals surface area contributed by atoms with E-state index in [-0.39, 0.29) is 44.6 Å². The molecule has 0 spiro atoms. The summed E-state index contributed by atoms with van der Waals surface area (Å²) in [4.78, 5) is 54.3. The summed E-state index contributed by atoms with van der Waals surface area (Å²) in [6, 6.07) is 21.2. The van der Waals surface area contributed by atoms with Crippen molar-refractivity contribution in [2.24, 2.45) is 21.7 Å². The van der Waals surface area contributed by atoms with Crippen molar-refractivity contribution < 1.29 is 29.4 Å². The first-order valence-corrected chi connectivity index (χ1v) is 18.6. The third kappa shape index (κ3) is 6.21. The number of allylic oxidation sites excluding steroid dienone is 4. The second-order valence-corrected chi connectivity index (χ2v) is 17.0. The number of rotatable bonds is 6. The summed E-state index contributed by atoms with van der Waals surface area (Å²) in [5.41, 5.74) is 7.45. The molecule has 7 rings (SSSR count). The lowest BCUT2D eigenvalue weighted by atomic mass is 9.58. The van der Waals surface area contributed by atoms with Crippen LogP contribution >= 0.6 is 0 Å². The summed E-state index contributed by atoms with van der Waals surface area (Å²) in [5, 5.41) is 18.7. The van der Waals surface area contributed by atoms with Crippen LogP contribution < -0.4 is 0 Å². The molecule has 3 aromatic carbocycles. The molecule has 0 radical (unpaired) electrons. The third-order valence-corrected chi connectivity index (χ3v) is 12.5. The number of amides is 2. The van der Waals surface area contributed by atoms with Crippen LogP contribution in [0, 0.1) is 21.7 Å². The molecular weight excluding hydrogens is 677 g/mol. The first-order chi connectivity index (χ1) is 25.4. The van der Waals surface area contributed by atoms with E-state index in [2.05, 4.69) is 65.8 Å². The molecule has 0 aromatic heterocycles. The molecule has 0 unspecified atom stereocenters. The second kappa shape index (κ2) is 13.1. The van der Waals surface area contributed by atoms with Crippen LogP contribution in [0.2, 0.25) is 0 Å². The summed E-state index contributed by atoms with van der Waals surface area (Å²) in [6.07, 6.45) is 10.4. The Morgan fingerprint density at radius 2 is 0.796 bits per heavy atom. The summed E-state index contributed by atoms with van der Waals surface area (Å²) in [7, 11) is 0. The average molecular weight is 725 g/mol. The Labute approximate surface area is 317 Å². The molecular formula is C46H48N2O6. The summed E-state index contributed by atoms with van der Waals surface area (Å²) in [5.74, 6) is -2.02. The lowest BCUT2D eigenvalue weighted by Crippen LogP contribution is -2.49. The van der Waals surface area contributed by atoms with Crippen LogP contribution in [0.3, 0.4) is 0 Å². The number of carboxylic acid groups (broad SMARTS) is 2. The van der Waals surface area contributed by atoms with Crippen molar-refractivity contribution in [2.75, 3.05) is 26.2 Å². The van der Waals surface area contributed by atoms with Gasteiger partial charge in [-0.1, -0.05) is 101 Å². The standard InChI is InChI=1S/C46H48N2O6/c1-43(2)35(29-7-15-33(16-8-29)41(51)52)19-23-45(5)27-47(25-21-37(43)45)39(49)31-11-13-32(14-12-31)40(50)48-26-22-38-44(3,4)36(20-24-46(38,6)28-48)30-9-17-34(18-10-30)42(53)54/h7-22H,23-28H2,1-6H3,(H,51,52)(H,53,54)/t45-,46-/m1/s1. The van der Waals surface area contributed by atoms with Gasteiger partial charge in [-0.15, -0.1) is 0 Å². The molecule has 2 aliphatic heterocycles. The number of carboxylic acids is 2. The highest BCUT2D eigenvalue weighted by molar-refractivity contribution is 5.98. The van der Waals surface area contributed by atoms with Crippen molar-refractivity contribution >= 4 is 34.9 Å². The minimum atomic E-state index is -0.943. The number of carbonyl (C=O) groups excluding carboxylic acids is 2. The largest absolute Gasteiger partial charge is 0.478 e. The smallest absolute Gasteiger partial charge is 0.335 e. The van der Waals surface area contributed by atoms with E-state index in [4.69, 9.17) is 0 Å². The first-order valence-electron chi connectivity index (χ1n) is 18.6. The van der Waals surface area contributed by atoms with Crippen LogP contribution in [0.15, 0.2) is 108 Å². The highest BCUT2D eigenvalue weighted by atomic mass is 16.4. The molecule has 0 bridgehead atoms. The van der Waals surface area contributed by atoms with Gasteiger partial charge in [0, 0.05) is 59.0 Å². The van der Waals surface area contributed by atoms with Crippen LogP contribution in [-0.4, -0.2) is 69.9 Å². The monoisotopic (exact) mass is 724 g/mol. The highest BCUT2D eigenvalue weighted by Gasteiger charge is 2.48. The SMILES string of the molecule is CC1(C)C(c2ccc(C(=O)O)cc2)=CC[C@]2(C)CN(C(=O)c3ccc(C(=O)N4CC=C5C(C)(C)C(c6ccc(C(=O)O)cc6)=CC[C@]5(C)C4)cc3)CC=C12. The van der Waals surface area contributed by atoms with E-state index in [9.17, 15) is 29.4 Å². The molecule has 0 fully saturated rings. The van der Waals surface area contributed by atoms with Crippen LogP contribution in [0.4, 0.5) is 0 Å². The van der Waals surface area contributed by atoms with Gasteiger partial charge in [-0.3, -0.25) is 9.59 Å². The molecule has 2 atom stereocenters. The van der Waals surface area contributed by atoms with Gasteiger partial charge in [0.25, 0.3) is 11.8 Å². The fourth-order valence-corrected chi connectivity index (χ4v) is 9.83. The zero-order valence-electron chi connectivity index (χ0n) is 31.9. The molecule has 8 nitrogen and oxygen atoms in total. The topological polar surface area (TPSA) is 115 Å². The molecule has 2 heterocycles. The van der Waals surface area contributed by atoms with Crippen molar-refractivity contribution in [1.29, 1.82) is 0 Å². The predicted molar refractivity (Wildman–Crippen MR) is 210 cm³/mol. The number of aromatic carboxylic acids is 2. The van der Waals surface area contributed by atoms with Crippen LogP contribution in [0.25, 0.3) is 11.1 Å².